The van der Waals surface area contributed by atoms with Crippen molar-refractivity contribution in [1.29, 1.82) is 0 Å². The Kier molecular flexibility index (Phi) is 4.87. The smallest absolute Gasteiger partial charge is 0.0369 e. The van der Waals surface area contributed by atoms with E-state index >= 15 is 0 Å². The van der Waals surface area contributed by atoms with Gasteiger partial charge >= 0.3 is 0 Å². The molecule has 1 N–H and O–H groups in total. The van der Waals surface area contributed by atoms with Crippen LogP contribution in [0.2, 0.25) is 0 Å². The first-order valence-electron chi connectivity index (χ1n) is 7.68. The van der Waals surface area contributed by atoms with E-state index in [1.54, 1.807) is 0 Å². The molecule has 1 aromatic carbocycles. The zero-order valence-corrected chi connectivity index (χ0v) is 12.9. The van der Waals surface area contributed by atoms with E-state index in [1.165, 1.54) is 36.2 Å². The SMILES string of the molecule is CCN(CC1CC1)c1ccc(CNC(C)C)c(C)c1. The predicted octanol–water partition coefficient (Wildman–Crippen LogP) is 3.73. The van der Waals surface area contributed by atoms with E-state index in [-0.39, 0.29) is 0 Å². The Morgan fingerprint density at radius 3 is 2.58 bits per heavy atom. The third-order valence-corrected chi connectivity index (χ3v) is 3.95. The maximum absolute atomic E-state index is 3.49. The summed E-state index contributed by atoms with van der Waals surface area (Å²) >= 11 is 0. The molecule has 106 valence electrons. The van der Waals surface area contributed by atoms with Crippen LogP contribution in [-0.4, -0.2) is 19.1 Å². The van der Waals surface area contributed by atoms with Crippen molar-refractivity contribution in [3.8, 4) is 0 Å². The highest BCUT2D eigenvalue weighted by Crippen LogP contribution is 2.31. The summed E-state index contributed by atoms with van der Waals surface area (Å²) in [5, 5.41) is 3.49. The van der Waals surface area contributed by atoms with E-state index in [0.29, 0.717) is 6.04 Å². The van der Waals surface area contributed by atoms with Crippen LogP contribution in [0.25, 0.3) is 0 Å². The lowest BCUT2D eigenvalue weighted by Crippen LogP contribution is -2.25. The molecule has 19 heavy (non-hydrogen) atoms. The Bertz CT molecular complexity index is 408. The average Bonchev–Trinajstić information content (AvgIpc) is 3.18. The number of nitrogens with one attached hydrogen (secondary N) is 1. The summed E-state index contributed by atoms with van der Waals surface area (Å²) < 4.78 is 0. The molecule has 2 heteroatoms. The molecule has 1 aromatic rings. The van der Waals surface area contributed by atoms with Gasteiger partial charge in [-0.25, -0.2) is 0 Å². The van der Waals surface area contributed by atoms with Gasteiger partial charge < -0.3 is 10.2 Å². The molecule has 0 bridgehead atoms. The minimum Gasteiger partial charge on any atom is -0.372 e. The van der Waals surface area contributed by atoms with E-state index in [9.17, 15) is 0 Å². The zero-order chi connectivity index (χ0) is 13.8. The van der Waals surface area contributed by atoms with E-state index in [1.807, 2.05) is 0 Å². The Morgan fingerprint density at radius 1 is 1.32 bits per heavy atom. The molecule has 2 nitrogen and oxygen atoms in total. The van der Waals surface area contributed by atoms with Gasteiger partial charge in [-0.1, -0.05) is 19.9 Å². The van der Waals surface area contributed by atoms with Crippen molar-refractivity contribution in [1.82, 2.24) is 5.32 Å². The zero-order valence-electron chi connectivity index (χ0n) is 12.9. The summed E-state index contributed by atoms with van der Waals surface area (Å²) in [5.74, 6) is 0.947. The third kappa shape index (κ3) is 4.24. The summed E-state index contributed by atoms with van der Waals surface area (Å²) in [7, 11) is 0. The molecule has 1 fully saturated rings. The van der Waals surface area contributed by atoms with Crippen LogP contribution in [0.5, 0.6) is 0 Å². The number of anilines is 1. The van der Waals surface area contributed by atoms with Crippen LogP contribution in [-0.2, 0) is 6.54 Å². The van der Waals surface area contributed by atoms with Crippen LogP contribution >= 0.6 is 0 Å². The Labute approximate surface area is 118 Å². The van der Waals surface area contributed by atoms with Gasteiger partial charge in [0.05, 0.1) is 0 Å². The van der Waals surface area contributed by atoms with Crippen LogP contribution in [0.15, 0.2) is 18.2 Å². The second-order valence-electron chi connectivity index (χ2n) is 6.13. The average molecular weight is 260 g/mol. The highest BCUT2D eigenvalue weighted by atomic mass is 15.1. The molecular weight excluding hydrogens is 232 g/mol. The van der Waals surface area contributed by atoms with Crippen molar-refractivity contribution in [3.63, 3.8) is 0 Å². The summed E-state index contributed by atoms with van der Waals surface area (Å²) in [6, 6.07) is 7.47. The third-order valence-electron chi connectivity index (χ3n) is 3.95. The quantitative estimate of drug-likeness (QED) is 0.803. The second-order valence-corrected chi connectivity index (χ2v) is 6.13. The monoisotopic (exact) mass is 260 g/mol. The predicted molar refractivity (Wildman–Crippen MR) is 83.8 cm³/mol. The Balaban J connectivity index is 2.03. The van der Waals surface area contributed by atoms with E-state index in [2.05, 4.69) is 56.1 Å². The van der Waals surface area contributed by atoms with Crippen LogP contribution in [0.3, 0.4) is 0 Å². The van der Waals surface area contributed by atoms with Gasteiger partial charge in [-0.15, -0.1) is 0 Å². The molecule has 0 atom stereocenters. The number of benzene rings is 1. The van der Waals surface area contributed by atoms with Gasteiger partial charge in [0.1, 0.15) is 0 Å². The van der Waals surface area contributed by atoms with Gasteiger partial charge in [0.15, 0.2) is 0 Å². The highest BCUT2D eigenvalue weighted by Gasteiger charge is 2.23. The summed E-state index contributed by atoms with van der Waals surface area (Å²) in [6.45, 7) is 12.2. The molecule has 1 saturated carbocycles. The van der Waals surface area contributed by atoms with Crippen LogP contribution < -0.4 is 10.2 Å². The van der Waals surface area contributed by atoms with E-state index < -0.39 is 0 Å². The first kappa shape index (κ1) is 14.4. The maximum atomic E-state index is 3.49. The van der Waals surface area contributed by atoms with E-state index in [0.717, 1.165) is 19.0 Å². The normalized spacial score (nSPS) is 15.0. The number of aryl methyl sites for hydroxylation is 1. The summed E-state index contributed by atoms with van der Waals surface area (Å²) in [6.07, 6.45) is 2.84. The molecule has 1 aliphatic carbocycles. The van der Waals surface area contributed by atoms with Gasteiger partial charge in [0.2, 0.25) is 0 Å². The Morgan fingerprint density at radius 2 is 2.05 bits per heavy atom. The van der Waals surface area contributed by atoms with Crippen molar-refractivity contribution in [2.24, 2.45) is 5.92 Å². The molecule has 0 spiro atoms. The molecule has 0 heterocycles. The number of rotatable bonds is 7. The number of hydrogen-bond acceptors (Lipinski definition) is 2. The fraction of sp³-hybridized carbons (Fsp3) is 0.647. The fourth-order valence-electron chi connectivity index (χ4n) is 2.42. The van der Waals surface area contributed by atoms with Crippen molar-refractivity contribution in [2.45, 2.75) is 53.1 Å². The first-order chi connectivity index (χ1) is 9.10. The van der Waals surface area contributed by atoms with Crippen molar-refractivity contribution < 1.29 is 0 Å². The van der Waals surface area contributed by atoms with Gasteiger partial charge in [0, 0.05) is 31.4 Å². The summed E-state index contributed by atoms with van der Waals surface area (Å²) in [5.41, 5.74) is 4.21. The molecular formula is C17H28N2. The van der Waals surface area contributed by atoms with Gasteiger partial charge in [-0.3, -0.25) is 0 Å². The molecule has 0 radical (unpaired) electrons. The molecule has 0 aliphatic heterocycles. The highest BCUT2D eigenvalue weighted by molar-refractivity contribution is 5.51. The lowest BCUT2D eigenvalue weighted by Gasteiger charge is -2.24. The maximum Gasteiger partial charge on any atom is 0.0369 e. The molecule has 0 aromatic heterocycles. The van der Waals surface area contributed by atoms with Crippen molar-refractivity contribution in [3.05, 3.63) is 29.3 Å². The standard InChI is InChI=1S/C17H28N2/c1-5-19(12-15-6-7-15)17-9-8-16(14(4)10-17)11-18-13(2)3/h8-10,13,15,18H,5-7,11-12H2,1-4H3. The lowest BCUT2D eigenvalue weighted by molar-refractivity contribution is 0.587. The molecule has 0 saturated heterocycles. The largest absolute Gasteiger partial charge is 0.372 e. The molecule has 1 aliphatic rings. The van der Waals surface area contributed by atoms with Crippen molar-refractivity contribution in [2.75, 3.05) is 18.0 Å². The Hall–Kier alpha value is -1.02. The molecule has 2 rings (SSSR count). The lowest BCUT2D eigenvalue weighted by atomic mass is 10.1. The second kappa shape index (κ2) is 6.42. The van der Waals surface area contributed by atoms with Gasteiger partial charge in [-0.2, -0.15) is 0 Å². The van der Waals surface area contributed by atoms with Gasteiger partial charge in [-0.05, 0) is 55.9 Å². The minimum absolute atomic E-state index is 0.543. The fourth-order valence-corrected chi connectivity index (χ4v) is 2.42. The van der Waals surface area contributed by atoms with Crippen LogP contribution in [0.1, 0.15) is 44.7 Å². The van der Waals surface area contributed by atoms with Gasteiger partial charge in [0.25, 0.3) is 0 Å². The number of nitrogens with zero attached hydrogens (tertiary/aromatic N) is 1. The molecule has 0 amide bonds. The van der Waals surface area contributed by atoms with E-state index in [4.69, 9.17) is 0 Å². The number of hydrogen-bond donors (Lipinski definition) is 1. The van der Waals surface area contributed by atoms with Crippen LogP contribution in [0.4, 0.5) is 5.69 Å². The van der Waals surface area contributed by atoms with Crippen LogP contribution in [0, 0.1) is 12.8 Å². The topological polar surface area (TPSA) is 15.3 Å². The summed E-state index contributed by atoms with van der Waals surface area (Å²) in [4.78, 5) is 2.52. The minimum atomic E-state index is 0.543. The first-order valence-corrected chi connectivity index (χ1v) is 7.68. The van der Waals surface area contributed by atoms with Crippen molar-refractivity contribution >= 4 is 5.69 Å². The molecule has 0 unspecified atom stereocenters.